The van der Waals surface area contributed by atoms with Gasteiger partial charge in [0.2, 0.25) is 11.8 Å². The van der Waals surface area contributed by atoms with Gasteiger partial charge in [-0.3, -0.25) is 9.59 Å². The summed E-state index contributed by atoms with van der Waals surface area (Å²) < 4.78 is 5.15. The molecule has 0 aromatic heterocycles. The van der Waals surface area contributed by atoms with E-state index in [1.165, 1.54) is 0 Å². The highest BCUT2D eigenvalue weighted by atomic mass is 16.5. The summed E-state index contributed by atoms with van der Waals surface area (Å²) >= 11 is 0. The van der Waals surface area contributed by atoms with Crippen molar-refractivity contribution in [3.8, 4) is 5.75 Å². The first kappa shape index (κ1) is 23.1. The summed E-state index contributed by atoms with van der Waals surface area (Å²) in [5.41, 5.74) is 3.80. The van der Waals surface area contributed by atoms with Crippen molar-refractivity contribution in [2.24, 2.45) is 0 Å². The zero-order chi connectivity index (χ0) is 23.8. The predicted octanol–water partition coefficient (Wildman–Crippen LogP) is 4.24. The van der Waals surface area contributed by atoms with Crippen LogP contribution in [0.5, 0.6) is 5.75 Å². The van der Waals surface area contributed by atoms with Gasteiger partial charge in [-0.05, 0) is 53.6 Å². The van der Waals surface area contributed by atoms with Crippen LogP contribution >= 0.6 is 0 Å². The maximum atomic E-state index is 12.5. The van der Waals surface area contributed by atoms with Gasteiger partial charge in [-0.2, -0.15) is 0 Å². The van der Waals surface area contributed by atoms with E-state index >= 15 is 0 Å². The van der Waals surface area contributed by atoms with Crippen LogP contribution in [0.4, 0.5) is 11.4 Å². The second-order valence-corrected chi connectivity index (χ2v) is 8.18. The van der Waals surface area contributed by atoms with Crippen LogP contribution in [0.1, 0.15) is 11.1 Å². The molecule has 0 spiro atoms. The van der Waals surface area contributed by atoms with Crippen LogP contribution in [0.15, 0.2) is 84.9 Å². The van der Waals surface area contributed by atoms with Gasteiger partial charge >= 0.3 is 0 Å². The Labute approximate surface area is 200 Å². The highest BCUT2D eigenvalue weighted by molar-refractivity contribution is 5.93. The average Bonchev–Trinajstić information content (AvgIpc) is 2.89. The van der Waals surface area contributed by atoms with Crippen LogP contribution in [0.2, 0.25) is 0 Å². The third-order valence-corrected chi connectivity index (χ3v) is 5.85. The molecule has 1 heterocycles. The minimum Gasteiger partial charge on any atom is -0.497 e. The topological polar surface area (TPSA) is 61.9 Å². The van der Waals surface area contributed by atoms with Gasteiger partial charge in [-0.25, -0.2) is 0 Å². The lowest BCUT2D eigenvalue weighted by molar-refractivity contribution is -0.126. The van der Waals surface area contributed by atoms with Gasteiger partial charge in [0, 0.05) is 43.6 Å². The molecule has 3 aromatic rings. The maximum Gasteiger partial charge on any atom is 0.246 e. The molecule has 34 heavy (non-hydrogen) atoms. The number of anilines is 2. The molecule has 4 rings (SSSR count). The minimum atomic E-state index is -0.0615. The number of carbonyl (C=O) groups is 2. The number of nitrogens with zero attached hydrogens (tertiary/aromatic N) is 2. The molecule has 174 valence electrons. The summed E-state index contributed by atoms with van der Waals surface area (Å²) in [6.45, 7) is 2.90. The molecule has 0 atom stereocenters. The summed E-state index contributed by atoms with van der Waals surface area (Å²) in [6.07, 6.45) is 3.81. The van der Waals surface area contributed by atoms with Crippen LogP contribution in [0, 0.1) is 0 Å². The lowest BCUT2D eigenvalue weighted by atomic mass is 10.1. The van der Waals surface area contributed by atoms with Crippen molar-refractivity contribution in [2.45, 2.75) is 6.42 Å². The van der Waals surface area contributed by atoms with Crippen molar-refractivity contribution >= 4 is 29.3 Å². The monoisotopic (exact) mass is 455 g/mol. The van der Waals surface area contributed by atoms with Crippen molar-refractivity contribution in [1.29, 1.82) is 0 Å². The Balaban J connectivity index is 1.25. The number of ether oxygens (including phenoxy) is 1. The fourth-order valence-electron chi connectivity index (χ4n) is 3.91. The molecule has 1 aliphatic heterocycles. The van der Waals surface area contributed by atoms with E-state index in [2.05, 4.69) is 10.2 Å². The number of nitrogens with one attached hydrogen (secondary N) is 1. The van der Waals surface area contributed by atoms with Crippen molar-refractivity contribution in [3.63, 3.8) is 0 Å². The normalized spacial score (nSPS) is 13.7. The van der Waals surface area contributed by atoms with Crippen molar-refractivity contribution < 1.29 is 14.3 Å². The Hall–Kier alpha value is -4.06. The fraction of sp³-hybridized carbons (Fsp3) is 0.214. The van der Waals surface area contributed by atoms with Crippen molar-refractivity contribution in [2.75, 3.05) is 43.5 Å². The summed E-state index contributed by atoms with van der Waals surface area (Å²) in [6, 6.07) is 25.2. The first-order valence-corrected chi connectivity index (χ1v) is 11.4. The van der Waals surface area contributed by atoms with Crippen molar-refractivity contribution in [1.82, 2.24) is 4.90 Å². The Morgan fingerprint density at radius 1 is 0.882 bits per heavy atom. The zero-order valence-corrected chi connectivity index (χ0v) is 19.3. The zero-order valence-electron chi connectivity index (χ0n) is 19.3. The largest absolute Gasteiger partial charge is 0.497 e. The van der Waals surface area contributed by atoms with E-state index in [0.29, 0.717) is 19.5 Å². The minimum absolute atomic E-state index is 0.0402. The molecule has 0 bridgehead atoms. The number of carbonyl (C=O) groups excluding carboxylic acids is 2. The number of benzene rings is 3. The first-order chi connectivity index (χ1) is 16.6. The molecule has 1 aliphatic rings. The second kappa shape index (κ2) is 11.2. The predicted molar refractivity (Wildman–Crippen MR) is 136 cm³/mol. The molecule has 1 N–H and O–H groups in total. The summed E-state index contributed by atoms with van der Waals surface area (Å²) in [7, 11) is 1.62. The van der Waals surface area contributed by atoms with Crippen molar-refractivity contribution in [3.05, 3.63) is 96.1 Å². The summed E-state index contributed by atoms with van der Waals surface area (Å²) in [4.78, 5) is 29.0. The molecule has 0 saturated carbocycles. The molecule has 6 nitrogen and oxygen atoms in total. The number of methoxy groups -OCH3 is 1. The van der Waals surface area contributed by atoms with Crippen LogP contribution in [-0.2, 0) is 16.0 Å². The van der Waals surface area contributed by atoms with Gasteiger partial charge < -0.3 is 19.9 Å². The Morgan fingerprint density at radius 3 is 2.21 bits per heavy atom. The lowest BCUT2D eigenvalue weighted by Gasteiger charge is -2.35. The molecule has 1 saturated heterocycles. The Kier molecular flexibility index (Phi) is 7.60. The molecule has 0 radical (unpaired) electrons. The van der Waals surface area contributed by atoms with Gasteiger partial charge in [0.25, 0.3) is 0 Å². The van der Waals surface area contributed by atoms with E-state index in [-0.39, 0.29) is 11.8 Å². The quantitative estimate of drug-likeness (QED) is 0.542. The number of hydrogen-bond donors (Lipinski definition) is 1. The summed E-state index contributed by atoms with van der Waals surface area (Å²) in [5.74, 6) is 0.751. The molecule has 3 aromatic carbocycles. The molecule has 6 heteroatoms. The van der Waals surface area contributed by atoms with Gasteiger partial charge in [0.15, 0.2) is 0 Å². The van der Waals surface area contributed by atoms with Gasteiger partial charge in [-0.1, -0.05) is 42.5 Å². The Morgan fingerprint density at radius 2 is 1.56 bits per heavy atom. The number of piperazine rings is 1. The average molecular weight is 456 g/mol. The maximum absolute atomic E-state index is 12.5. The van der Waals surface area contributed by atoms with E-state index in [0.717, 1.165) is 41.3 Å². The smallest absolute Gasteiger partial charge is 0.246 e. The highest BCUT2D eigenvalue weighted by Crippen LogP contribution is 2.20. The number of amides is 2. The van der Waals surface area contributed by atoms with Crippen LogP contribution < -0.4 is 15.0 Å². The van der Waals surface area contributed by atoms with Crippen LogP contribution in [-0.4, -0.2) is 50.0 Å². The molecular weight excluding hydrogens is 426 g/mol. The molecule has 0 aliphatic carbocycles. The Bertz CT molecular complexity index is 1120. The molecular formula is C28H29N3O3. The standard InChI is InChI=1S/C28H29N3O3/c1-34-26-14-7-23(8-15-26)21-27(32)29-24-10-12-25(13-11-24)30-17-19-31(20-18-30)28(33)16-9-22-5-3-2-4-6-22/h2-16H,17-21H2,1H3,(H,29,32)/b16-9+. The van der Waals surface area contributed by atoms with E-state index in [1.807, 2.05) is 89.8 Å². The lowest BCUT2D eigenvalue weighted by Crippen LogP contribution is -2.48. The number of hydrogen-bond acceptors (Lipinski definition) is 4. The van der Waals surface area contributed by atoms with E-state index in [1.54, 1.807) is 13.2 Å². The number of rotatable bonds is 7. The van der Waals surface area contributed by atoms with Crippen LogP contribution in [0.25, 0.3) is 6.08 Å². The van der Waals surface area contributed by atoms with Gasteiger partial charge in [0.05, 0.1) is 13.5 Å². The van der Waals surface area contributed by atoms with Crippen LogP contribution in [0.3, 0.4) is 0 Å². The van der Waals surface area contributed by atoms with E-state index in [4.69, 9.17) is 4.74 Å². The first-order valence-electron chi connectivity index (χ1n) is 11.4. The highest BCUT2D eigenvalue weighted by Gasteiger charge is 2.20. The SMILES string of the molecule is COc1ccc(CC(=O)Nc2ccc(N3CCN(C(=O)/C=C/c4ccccc4)CC3)cc2)cc1. The van der Waals surface area contributed by atoms with E-state index in [9.17, 15) is 9.59 Å². The van der Waals surface area contributed by atoms with Gasteiger partial charge in [-0.15, -0.1) is 0 Å². The summed E-state index contributed by atoms with van der Waals surface area (Å²) in [5, 5.41) is 2.95. The third-order valence-electron chi connectivity index (χ3n) is 5.85. The second-order valence-electron chi connectivity index (χ2n) is 8.18. The third kappa shape index (κ3) is 6.25. The molecule has 0 unspecified atom stereocenters. The molecule has 1 fully saturated rings. The fourth-order valence-corrected chi connectivity index (χ4v) is 3.91. The molecule has 2 amide bonds. The van der Waals surface area contributed by atoms with E-state index < -0.39 is 0 Å². The van der Waals surface area contributed by atoms with Gasteiger partial charge in [0.1, 0.15) is 5.75 Å².